The first-order chi connectivity index (χ1) is 21.7. The minimum Gasteiger partial charge on any atom is -0.497 e. The quantitative estimate of drug-likeness (QED) is 0.172. The Morgan fingerprint density at radius 2 is 1.38 bits per heavy atom. The van der Waals surface area contributed by atoms with Crippen LogP contribution in [-0.4, -0.2) is 60.7 Å². The molecule has 0 aliphatic carbocycles. The molecule has 0 saturated heterocycles. The minimum absolute atomic E-state index is 0.0498. The van der Waals surface area contributed by atoms with E-state index in [4.69, 9.17) is 28.5 Å². The van der Waals surface area contributed by atoms with Crippen LogP contribution in [0.2, 0.25) is 0 Å². The Kier molecular flexibility index (Phi) is 11.5. The number of nitrogens with zero attached hydrogens (tertiary/aromatic N) is 1. The zero-order valence-corrected chi connectivity index (χ0v) is 26.8. The highest BCUT2D eigenvalue weighted by atomic mass is 32.2. The second kappa shape index (κ2) is 15.5. The van der Waals surface area contributed by atoms with Crippen LogP contribution < -0.4 is 28.4 Å². The number of nitrogens with one attached hydrogen (secondary N) is 1. The van der Waals surface area contributed by atoms with Crippen molar-refractivity contribution in [3.8, 4) is 28.7 Å². The van der Waals surface area contributed by atoms with Gasteiger partial charge in [-0.15, -0.1) is 0 Å². The third kappa shape index (κ3) is 8.56. The molecule has 0 saturated carbocycles. The monoisotopic (exact) mass is 638 g/mol. The average Bonchev–Trinajstić information content (AvgIpc) is 3.07. The predicted octanol–water partition coefficient (Wildman–Crippen LogP) is 4.85. The molecule has 1 N–H and O–H groups in total. The van der Waals surface area contributed by atoms with Crippen molar-refractivity contribution in [2.24, 2.45) is 0 Å². The van der Waals surface area contributed by atoms with Crippen LogP contribution in [0, 0.1) is 0 Å². The van der Waals surface area contributed by atoms with Crippen molar-refractivity contribution in [2.45, 2.75) is 26.1 Å². The zero-order valence-electron chi connectivity index (χ0n) is 26.0. The summed E-state index contributed by atoms with van der Waals surface area (Å²) in [4.78, 5) is 19.6. The fourth-order valence-electron chi connectivity index (χ4n) is 4.75. The molecular weight excluding hydrogens is 600 g/mol. The van der Waals surface area contributed by atoms with Gasteiger partial charge < -0.3 is 23.7 Å². The van der Waals surface area contributed by atoms with Gasteiger partial charge in [0.2, 0.25) is 15.9 Å². The molecule has 45 heavy (non-hydrogen) atoms. The van der Waals surface area contributed by atoms with Gasteiger partial charge in [-0.2, -0.15) is 0 Å². The molecule has 0 radical (unpaired) electrons. The van der Waals surface area contributed by atoms with Crippen molar-refractivity contribution >= 4 is 26.7 Å². The SMILES string of the molecule is COc1ccc(CON(Cc2c(OC)cc(OC)cc2OC)C(=O)CCS(=O)(=O)NCc2cccc3ccccc23)c(OC)c1. The van der Waals surface area contributed by atoms with Gasteiger partial charge in [-0.3, -0.25) is 9.63 Å². The molecule has 4 rings (SSSR count). The normalized spacial score (nSPS) is 11.2. The molecule has 0 aliphatic rings. The lowest BCUT2D eigenvalue weighted by Gasteiger charge is -2.25. The lowest BCUT2D eigenvalue weighted by atomic mass is 10.1. The van der Waals surface area contributed by atoms with Crippen LogP contribution in [0.3, 0.4) is 0 Å². The molecule has 0 heterocycles. The number of hydroxylamine groups is 2. The van der Waals surface area contributed by atoms with Gasteiger partial charge in [0.25, 0.3) is 0 Å². The van der Waals surface area contributed by atoms with Gasteiger partial charge in [0.05, 0.1) is 53.4 Å². The molecular formula is C33H38N2O9S. The van der Waals surface area contributed by atoms with Crippen LogP contribution in [-0.2, 0) is 39.4 Å². The smallest absolute Gasteiger partial charge is 0.247 e. The van der Waals surface area contributed by atoms with Crippen LogP contribution in [0.15, 0.2) is 72.8 Å². The Morgan fingerprint density at radius 3 is 2.04 bits per heavy atom. The van der Waals surface area contributed by atoms with E-state index in [1.54, 1.807) is 37.4 Å². The lowest BCUT2D eigenvalue weighted by molar-refractivity contribution is -0.195. The van der Waals surface area contributed by atoms with E-state index in [9.17, 15) is 13.2 Å². The standard InChI is InChI=1S/C33H38N2O9S/c1-39-26-14-13-25(30(17-26)41-3)22-44-35(21-29-31(42-4)18-27(40-2)19-32(29)43-5)33(36)15-16-45(37,38)34-20-24-11-8-10-23-9-6-7-12-28(23)24/h6-14,17-19,34H,15-16,20-22H2,1-5H3. The molecule has 0 fully saturated rings. The Bertz CT molecular complexity index is 1700. The van der Waals surface area contributed by atoms with E-state index in [2.05, 4.69) is 4.72 Å². The second-order valence-corrected chi connectivity index (χ2v) is 11.8. The summed E-state index contributed by atoms with van der Waals surface area (Å²) in [5, 5.41) is 3.07. The van der Waals surface area contributed by atoms with Gasteiger partial charge in [-0.1, -0.05) is 42.5 Å². The number of amides is 1. The predicted molar refractivity (Wildman–Crippen MR) is 170 cm³/mol. The summed E-state index contributed by atoms with van der Waals surface area (Å²) in [6.07, 6.45) is -0.342. The molecule has 0 aliphatic heterocycles. The van der Waals surface area contributed by atoms with Gasteiger partial charge in [-0.05, 0) is 28.5 Å². The number of carbonyl (C=O) groups is 1. The summed E-state index contributed by atoms with van der Waals surface area (Å²) in [6, 6.07) is 22.0. The van der Waals surface area contributed by atoms with E-state index in [0.29, 0.717) is 39.9 Å². The molecule has 1 amide bonds. The van der Waals surface area contributed by atoms with Gasteiger partial charge in [0.1, 0.15) is 35.4 Å². The Hall–Kier alpha value is -4.52. The van der Waals surface area contributed by atoms with Crippen LogP contribution in [0.1, 0.15) is 23.1 Å². The molecule has 11 nitrogen and oxygen atoms in total. The van der Waals surface area contributed by atoms with E-state index < -0.39 is 21.7 Å². The van der Waals surface area contributed by atoms with Gasteiger partial charge in [0, 0.05) is 36.7 Å². The highest BCUT2D eigenvalue weighted by Crippen LogP contribution is 2.35. The molecule has 0 aromatic heterocycles. The highest BCUT2D eigenvalue weighted by Gasteiger charge is 2.24. The second-order valence-electron chi connectivity index (χ2n) is 9.92. The summed E-state index contributed by atoms with van der Waals surface area (Å²) in [5.41, 5.74) is 1.99. The molecule has 4 aromatic rings. The van der Waals surface area contributed by atoms with E-state index in [0.717, 1.165) is 21.4 Å². The maximum atomic E-state index is 13.6. The topological polar surface area (TPSA) is 122 Å². The fraction of sp³-hybridized carbons (Fsp3) is 0.303. The largest absolute Gasteiger partial charge is 0.497 e. The molecule has 0 bridgehead atoms. The van der Waals surface area contributed by atoms with E-state index >= 15 is 0 Å². The number of hydrogen-bond donors (Lipinski definition) is 1. The van der Waals surface area contributed by atoms with Crippen LogP contribution in [0.4, 0.5) is 0 Å². The highest BCUT2D eigenvalue weighted by molar-refractivity contribution is 7.89. The molecule has 240 valence electrons. The first kappa shape index (κ1) is 33.4. The van der Waals surface area contributed by atoms with E-state index in [1.807, 2.05) is 42.5 Å². The average molecular weight is 639 g/mol. The number of fused-ring (bicyclic) bond motifs is 1. The van der Waals surface area contributed by atoms with Crippen LogP contribution in [0.25, 0.3) is 10.8 Å². The van der Waals surface area contributed by atoms with Crippen molar-refractivity contribution in [3.05, 3.63) is 89.5 Å². The van der Waals surface area contributed by atoms with Crippen molar-refractivity contribution in [2.75, 3.05) is 41.3 Å². The van der Waals surface area contributed by atoms with Crippen molar-refractivity contribution in [1.29, 1.82) is 0 Å². The Balaban J connectivity index is 1.53. The van der Waals surface area contributed by atoms with Crippen molar-refractivity contribution < 1.29 is 41.7 Å². The van der Waals surface area contributed by atoms with E-state index in [-0.39, 0.29) is 26.1 Å². The molecule has 0 unspecified atom stereocenters. The molecule has 4 aromatic carbocycles. The third-order valence-corrected chi connectivity index (χ3v) is 8.54. The third-order valence-electron chi connectivity index (χ3n) is 7.21. The number of hydrogen-bond acceptors (Lipinski definition) is 9. The summed E-state index contributed by atoms with van der Waals surface area (Å²) in [7, 11) is 3.74. The molecule has 12 heteroatoms. The number of methoxy groups -OCH3 is 5. The van der Waals surface area contributed by atoms with Crippen molar-refractivity contribution in [1.82, 2.24) is 9.79 Å². The minimum atomic E-state index is -3.82. The summed E-state index contributed by atoms with van der Waals surface area (Å²) in [6.45, 7) is -0.0570. The zero-order chi connectivity index (χ0) is 32.4. The van der Waals surface area contributed by atoms with Crippen molar-refractivity contribution in [3.63, 3.8) is 0 Å². The summed E-state index contributed by atoms with van der Waals surface area (Å²) in [5.74, 6) is 1.40. The van der Waals surface area contributed by atoms with Crippen LogP contribution in [0.5, 0.6) is 28.7 Å². The molecule has 0 atom stereocenters. The van der Waals surface area contributed by atoms with Crippen LogP contribution >= 0.6 is 0 Å². The number of ether oxygens (including phenoxy) is 5. The summed E-state index contributed by atoms with van der Waals surface area (Å²) < 4.78 is 55.9. The molecule has 0 spiro atoms. The fourth-order valence-corrected chi connectivity index (χ4v) is 5.72. The maximum absolute atomic E-state index is 13.6. The van der Waals surface area contributed by atoms with Gasteiger partial charge in [0.15, 0.2) is 0 Å². The van der Waals surface area contributed by atoms with Gasteiger partial charge >= 0.3 is 0 Å². The lowest BCUT2D eigenvalue weighted by Crippen LogP contribution is -2.34. The number of rotatable bonds is 16. The van der Waals surface area contributed by atoms with Gasteiger partial charge in [-0.25, -0.2) is 18.2 Å². The Labute approximate surface area is 263 Å². The summed E-state index contributed by atoms with van der Waals surface area (Å²) >= 11 is 0. The number of benzene rings is 4. The first-order valence-corrected chi connectivity index (χ1v) is 15.7. The number of carbonyl (C=O) groups excluding carboxylic acids is 1. The number of sulfonamides is 1. The first-order valence-electron chi connectivity index (χ1n) is 14.1. The maximum Gasteiger partial charge on any atom is 0.247 e. The Morgan fingerprint density at radius 1 is 0.733 bits per heavy atom. The van der Waals surface area contributed by atoms with E-state index in [1.165, 1.54) is 28.4 Å².